The Labute approximate surface area is 192 Å². The van der Waals surface area contributed by atoms with E-state index in [9.17, 15) is 13.9 Å². The minimum atomic E-state index is -1.10. The molecule has 6 nitrogen and oxygen atoms in total. The molecule has 0 fully saturated rings. The largest absolute Gasteiger partial charge is 0.439 e. The summed E-state index contributed by atoms with van der Waals surface area (Å²) in [5.74, 6) is 0.123. The zero-order valence-corrected chi connectivity index (χ0v) is 19.1. The highest BCUT2D eigenvalue weighted by Crippen LogP contribution is 2.32. The van der Waals surface area contributed by atoms with Crippen LogP contribution < -0.4 is 4.74 Å². The second kappa shape index (κ2) is 10.7. The molecule has 1 aromatic heterocycles. The van der Waals surface area contributed by atoms with Crippen LogP contribution >= 0.6 is 0 Å². The average molecular weight is 458 g/mol. The number of aryl methyl sites for hydroxylation is 1. The SMILES string of the molecule is C=C[C@@](C)(O)CN(CCOC)Cc1c(C)nn(-c2ccc(F)cc2)c1Oc1ccc(F)cc1. The zero-order valence-electron chi connectivity index (χ0n) is 19.1. The molecule has 0 saturated heterocycles. The Hall–Kier alpha value is -3.07. The molecule has 2 aromatic carbocycles. The first-order valence-electron chi connectivity index (χ1n) is 10.6. The highest BCUT2D eigenvalue weighted by molar-refractivity contribution is 5.43. The van der Waals surface area contributed by atoms with E-state index in [2.05, 4.69) is 11.7 Å². The third-order valence-electron chi connectivity index (χ3n) is 5.21. The summed E-state index contributed by atoms with van der Waals surface area (Å²) >= 11 is 0. The minimum Gasteiger partial charge on any atom is -0.439 e. The van der Waals surface area contributed by atoms with Crippen molar-refractivity contribution in [3.05, 3.63) is 84.1 Å². The van der Waals surface area contributed by atoms with Crippen molar-refractivity contribution in [1.29, 1.82) is 0 Å². The lowest BCUT2D eigenvalue weighted by atomic mass is 10.1. The third-order valence-corrected chi connectivity index (χ3v) is 5.21. The second-order valence-electron chi connectivity index (χ2n) is 8.08. The average Bonchev–Trinajstić information content (AvgIpc) is 3.09. The van der Waals surface area contributed by atoms with Gasteiger partial charge in [0.05, 0.1) is 29.2 Å². The maximum absolute atomic E-state index is 13.5. The van der Waals surface area contributed by atoms with Gasteiger partial charge >= 0.3 is 0 Å². The van der Waals surface area contributed by atoms with Gasteiger partial charge < -0.3 is 14.6 Å². The molecule has 1 atom stereocenters. The summed E-state index contributed by atoms with van der Waals surface area (Å²) in [5.41, 5.74) is 0.994. The van der Waals surface area contributed by atoms with Gasteiger partial charge in [0.15, 0.2) is 0 Å². The fraction of sp³-hybridized carbons (Fsp3) is 0.320. The number of nitrogens with zero attached hydrogens (tertiary/aromatic N) is 3. The molecular weight excluding hydrogens is 428 g/mol. The monoisotopic (exact) mass is 457 g/mol. The molecule has 0 unspecified atom stereocenters. The maximum Gasteiger partial charge on any atom is 0.227 e. The number of hydrogen-bond donors (Lipinski definition) is 1. The van der Waals surface area contributed by atoms with E-state index in [1.807, 2.05) is 11.8 Å². The number of rotatable bonds is 11. The molecule has 0 saturated carbocycles. The van der Waals surface area contributed by atoms with Crippen molar-refractivity contribution in [2.24, 2.45) is 0 Å². The van der Waals surface area contributed by atoms with Gasteiger partial charge in [-0.25, -0.2) is 13.5 Å². The van der Waals surface area contributed by atoms with Crippen LogP contribution in [0.5, 0.6) is 11.6 Å². The van der Waals surface area contributed by atoms with E-state index in [-0.39, 0.29) is 11.6 Å². The predicted molar refractivity (Wildman–Crippen MR) is 123 cm³/mol. The van der Waals surface area contributed by atoms with Crippen molar-refractivity contribution in [1.82, 2.24) is 14.7 Å². The van der Waals surface area contributed by atoms with Crippen molar-refractivity contribution in [3.63, 3.8) is 0 Å². The Bertz CT molecular complexity index is 1060. The van der Waals surface area contributed by atoms with Crippen LogP contribution in [0.3, 0.4) is 0 Å². The molecule has 0 aliphatic rings. The number of methoxy groups -OCH3 is 1. The van der Waals surface area contributed by atoms with Gasteiger partial charge in [0.2, 0.25) is 5.88 Å². The molecule has 1 N–H and O–H groups in total. The third kappa shape index (κ3) is 6.47. The van der Waals surface area contributed by atoms with Crippen molar-refractivity contribution < 1.29 is 23.4 Å². The Balaban J connectivity index is 2.03. The van der Waals surface area contributed by atoms with Crippen LogP contribution in [0.4, 0.5) is 8.78 Å². The summed E-state index contributed by atoms with van der Waals surface area (Å²) in [5, 5.41) is 15.2. The van der Waals surface area contributed by atoms with E-state index in [1.54, 1.807) is 30.8 Å². The first-order valence-corrected chi connectivity index (χ1v) is 10.6. The molecule has 3 aromatic rings. The normalized spacial score (nSPS) is 13.2. The first kappa shape index (κ1) is 24.6. The number of hydrogen-bond acceptors (Lipinski definition) is 5. The van der Waals surface area contributed by atoms with E-state index in [0.717, 1.165) is 5.56 Å². The van der Waals surface area contributed by atoms with Crippen LogP contribution in [0.15, 0.2) is 61.2 Å². The summed E-state index contributed by atoms with van der Waals surface area (Å²) in [7, 11) is 1.62. The van der Waals surface area contributed by atoms with E-state index in [1.165, 1.54) is 42.5 Å². The van der Waals surface area contributed by atoms with Gasteiger partial charge in [0.25, 0.3) is 0 Å². The molecule has 0 aliphatic heterocycles. The maximum atomic E-state index is 13.5. The van der Waals surface area contributed by atoms with Gasteiger partial charge in [-0.2, -0.15) is 5.10 Å². The van der Waals surface area contributed by atoms with E-state index >= 15 is 0 Å². The predicted octanol–water partition coefficient (Wildman–Crippen LogP) is 4.64. The van der Waals surface area contributed by atoms with Crippen LogP contribution in [-0.2, 0) is 11.3 Å². The molecule has 0 amide bonds. The van der Waals surface area contributed by atoms with E-state index < -0.39 is 5.60 Å². The highest BCUT2D eigenvalue weighted by Gasteiger charge is 2.25. The molecule has 3 rings (SSSR count). The summed E-state index contributed by atoms with van der Waals surface area (Å²) in [6.45, 7) is 8.98. The van der Waals surface area contributed by atoms with Gasteiger partial charge in [-0.3, -0.25) is 4.90 Å². The van der Waals surface area contributed by atoms with Gasteiger partial charge in [-0.15, -0.1) is 6.58 Å². The Morgan fingerprint density at radius 3 is 2.30 bits per heavy atom. The quantitative estimate of drug-likeness (QED) is 0.425. The van der Waals surface area contributed by atoms with Crippen LogP contribution in [0.25, 0.3) is 5.69 Å². The summed E-state index contributed by atoms with van der Waals surface area (Å²) < 4.78 is 39.9. The molecule has 0 spiro atoms. The lowest BCUT2D eigenvalue weighted by Crippen LogP contribution is -2.40. The lowest BCUT2D eigenvalue weighted by molar-refractivity contribution is 0.0462. The minimum absolute atomic E-state index is 0.316. The molecule has 176 valence electrons. The van der Waals surface area contributed by atoms with Crippen molar-refractivity contribution in [3.8, 4) is 17.3 Å². The topological polar surface area (TPSA) is 59.8 Å². The summed E-state index contributed by atoms with van der Waals surface area (Å²) in [6.07, 6.45) is 1.50. The highest BCUT2D eigenvalue weighted by atomic mass is 19.1. The van der Waals surface area contributed by atoms with Crippen LogP contribution in [0.1, 0.15) is 18.2 Å². The fourth-order valence-electron chi connectivity index (χ4n) is 3.37. The van der Waals surface area contributed by atoms with Crippen molar-refractivity contribution in [2.45, 2.75) is 26.0 Å². The molecule has 0 radical (unpaired) electrons. The number of aromatic nitrogens is 2. The van der Waals surface area contributed by atoms with Crippen LogP contribution in [0, 0.1) is 18.6 Å². The molecule has 33 heavy (non-hydrogen) atoms. The van der Waals surface area contributed by atoms with Gasteiger partial charge in [0, 0.05) is 26.7 Å². The summed E-state index contributed by atoms with van der Waals surface area (Å²) in [4.78, 5) is 2.02. The number of benzene rings is 2. The van der Waals surface area contributed by atoms with E-state index in [0.29, 0.717) is 49.3 Å². The standard InChI is InChI=1S/C25H29F2N3O3/c1-5-25(3,31)17-29(14-15-32-4)16-23-18(2)28-30(21-10-6-19(26)7-11-21)24(23)33-22-12-8-20(27)9-13-22/h5-13,31H,1,14-17H2,2-4H3/t25-/m1/s1. The number of ether oxygens (including phenoxy) is 2. The second-order valence-corrected chi connectivity index (χ2v) is 8.08. The number of aliphatic hydroxyl groups is 1. The van der Waals surface area contributed by atoms with Gasteiger partial charge in [-0.1, -0.05) is 6.08 Å². The Kier molecular flexibility index (Phi) is 7.97. The fourth-order valence-corrected chi connectivity index (χ4v) is 3.37. The molecular formula is C25H29F2N3O3. The van der Waals surface area contributed by atoms with E-state index in [4.69, 9.17) is 9.47 Å². The molecule has 0 bridgehead atoms. The molecule has 0 aliphatic carbocycles. The summed E-state index contributed by atoms with van der Waals surface area (Å²) in [6, 6.07) is 11.6. The Morgan fingerprint density at radius 2 is 1.73 bits per heavy atom. The first-order chi connectivity index (χ1) is 15.7. The smallest absolute Gasteiger partial charge is 0.227 e. The molecule has 1 heterocycles. The number of halogens is 2. The molecule has 8 heteroatoms. The van der Waals surface area contributed by atoms with Crippen LogP contribution in [-0.4, -0.2) is 52.2 Å². The van der Waals surface area contributed by atoms with Gasteiger partial charge in [0.1, 0.15) is 17.4 Å². The van der Waals surface area contributed by atoms with Crippen molar-refractivity contribution >= 4 is 0 Å². The lowest BCUT2D eigenvalue weighted by Gasteiger charge is -2.29. The van der Waals surface area contributed by atoms with Crippen LogP contribution in [0.2, 0.25) is 0 Å². The zero-order chi connectivity index (χ0) is 24.0. The van der Waals surface area contributed by atoms with Gasteiger partial charge in [-0.05, 0) is 62.4 Å². The Morgan fingerprint density at radius 1 is 1.12 bits per heavy atom. The van der Waals surface area contributed by atoms with Crippen molar-refractivity contribution in [2.75, 3.05) is 26.8 Å².